The SMILES string of the molecule is O=S(=O)(OCCOS(=O)(=O)OCC(F)(F)C(F)(F)C(F)(F)F)OCC(F)(F)C(F)(F)C(F)(F)F. The average Bonchev–Trinajstić information content (AvgIpc) is 2.60. The topological polar surface area (TPSA) is 105 Å². The normalized spacial score (nSPS) is 15.6. The lowest BCUT2D eigenvalue weighted by Gasteiger charge is -2.27. The van der Waals surface area contributed by atoms with Crippen molar-refractivity contribution in [3.8, 4) is 0 Å². The van der Waals surface area contributed by atoms with E-state index in [2.05, 4.69) is 16.7 Å². The Morgan fingerprint density at radius 2 is 0.676 bits per heavy atom. The van der Waals surface area contributed by atoms with Crippen LogP contribution in [0, 0.1) is 0 Å². The van der Waals surface area contributed by atoms with Crippen molar-refractivity contribution in [1.82, 2.24) is 0 Å². The van der Waals surface area contributed by atoms with E-state index in [9.17, 15) is 78.3 Å². The first-order valence-corrected chi connectivity index (χ1v) is 10.0. The Hall–Kier alpha value is -1.24. The van der Waals surface area contributed by atoms with Gasteiger partial charge in [-0.05, 0) is 0 Å². The van der Waals surface area contributed by atoms with E-state index in [1.54, 1.807) is 0 Å². The van der Waals surface area contributed by atoms with Crippen LogP contribution in [-0.2, 0) is 37.5 Å². The van der Waals surface area contributed by atoms with Crippen LogP contribution in [0.15, 0.2) is 0 Å². The highest BCUT2D eigenvalue weighted by atomic mass is 32.3. The molecule has 0 atom stereocenters. The maximum absolute atomic E-state index is 12.9. The van der Waals surface area contributed by atoms with E-state index >= 15 is 0 Å². The third-order valence-corrected chi connectivity index (χ3v) is 4.66. The van der Waals surface area contributed by atoms with Crippen molar-refractivity contribution in [2.24, 2.45) is 0 Å². The summed E-state index contributed by atoms with van der Waals surface area (Å²) < 4.78 is 230. The van der Waals surface area contributed by atoms with Crippen LogP contribution in [-0.4, -0.2) is 79.3 Å². The van der Waals surface area contributed by atoms with Gasteiger partial charge in [-0.15, -0.1) is 0 Å². The maximum atomic E-state index is 12.9. The minimum atomic E-state index is -6.84. The summed E-state index contributed by atoms with van der Waals surface area (Å²) >= 11 is 0. The van der Waals surface area contributed by atoms with Crippen LogP contribution in [0.3, 0.4) is 0 Å². The fraction of sp³-hybridized carbons (Fsp3) is 1.00. The molecule has 0 radical (unpaired) electrons. The highest BCUT2D eigenvalue weighted by Crippen LogP contribution is 2.47. The molecule has 0 aliphatic rings. The van der Waals surface area contributed by atoms with E-state index < -0.39 is 83.3 Å². The maximum Gasteiger partial charge on any atom is 0.459 e. The Bertz CT molecular complexity index is 818. The highest BCUT2D eigenvalue weighted by Gasteiger charge is 2.74. The molecule has 0 aromatic carbocycles. The van der Waals surface area contributed by atoms with Gasteiger partial charge in [0.05, 0.1) is 13.2 Å². The minimum Gasteiger partial charge on any atom is -0.246 e. The molecule has 0 amide bonds. The number of hydrogen-bond donors (Lipinski definition) is 0. The molecule has 8 nitrogen and oxygen atoms in total. The van der Waals surface area contributed by atoms with Crippen LogP contribution in [0.25, 0.3) is 0 Å². The van der Waals surface area contributed by atoms with Crippen LogP contribution in [0.2, 0.25) is 0 Å². The van der Waals surface area contributed by atoms with Crippen molar-refractivity contribution in [1.29, 1.82) is 0 Å². The zero-order valence-electron chi connectivity index (χ0n) is 15.2. The zero-order valence-corrected chi connectivity index (χ0v) is 16.8. The van der Waals surface area contributed by atoms with Crippen LogP contribution in [0.5, 0.6) is 0 Å². The predicted octanol–water partition coefficient (Wildman–Crippen LogP) is 3.21. The lowest BCUT2D eigenvalue weighted by Crippen LogP contribution is -2.54. The predicted molar refractivity (Wildman–Crippen MR) is 73.5 cm³/mol. The third kappa shape index (κ3) is 8.17. The number of alkyl halides is 14. The standard InChI is InChI=1S/C10H8F14O8S2/c11-5(12,7(15,16)9(19,20)21)3-31-33(25,26)29-1-2-30-34(27,28)32-4-6(13,14)8(17,18)10(22,23)24/h1-4H2. The highest BCUT2D eigenvalue weighted by molar-refractivity contribution is 7.82. The molecule has 0 saturated carbocycles. The van der Waals surface area contributed by atoms with Crippen molar-refractivity contribution in [3.05, 3.63) is 0 Å². The molecule has 0 heterocycles. The largest absolute Gasteiger partial charge is 0.459 e. The van der Waals surface area contributed by atoms with Gasteiger partial charge < -0.3 is 0 Å². The molecular formula is C10H8F14O8S2. The smallest absolute Gasteiger partial charge is 0.246 e. The summed E-state index contributed by atoms with van der Waals surface area (Å²) in [7, 11) is -11.7. The van der Waals surface area contributed by atoms with Gasteiger partial charge in [-0.1, -0.05) is 0 Å². The van der Waals surface area contributed by atoms with Crippen LogP contribution < -0.4 is 0 Å². The minimum absolute atomic E-state index is 1.69. The summed E-state index contributed by atoms with van der Waals surface area (Å²) in [5.41, 5.74) is 0. The van der Waals surface area contributed by atoms with Crippen LogP contribution >= 0.6 is 0 Å². The van der Waals surface area contributed by atoms with Crippen LogP contribution in [0.4, 0.5) is 61.5 Å². The van der Waals surface area contributed by atoms with E-state index in [1.165, 1.54) is 0 Å². The first kappa shape index (κ1) is 32.8. The zero-order chi connectivity index (χ0) is 27.7. The van der Waals surface area contributed by atoms with Crippen LogP contribution in [0.1, 0.15) is 0 Å². The molecule has 0 aromatic rings. The fourth-order valence-electron chi connectivity index (χ4n) is 1.23. The van der Waals surface area contributed by atoms with E-state index in [1.807, 2.05) is 0 Å². The molecule has 0 rings (SSSR count). The van der Waals surface area contributed by atoms with Gasteiger partial charge in [-0.2, -0.15) is 78.3 Å². The number of rotatable bonds is 13. The monoisotopic (exact) mass is 586 g/mol. The van der Waals surface area contributed by atoms with Gasteiger partial charge >= 0.3 is 56.8 Å². The molecule has 34 heavy (non-hydrogen) atoms. The molecule has 0 saturated heterocycles. The van der Waals surface area contributed by atoms with E-state index in [0.717, 1.165) is 0 Å². The van der Waals surface area contributed by atoms with Gasteiger partial charge in [0, 0.05) is 0 Å². The number of halogens is 14. The summed E-state index contributed by atoms with van der Waals surface area (Å²) in [6, 6.07) is 0. The molecular weight excluding hydrogens is 578 g/mol. The van der Waals surface area contributed by atoms with Crippen molar-refractivity contribution in [3.63, 3.8) is 0 Å². The Morgan fingerprint density at radius 3 is 0.882 bits per heavy atom. The van der Waals surface area contributed by atoms with Gasteiger partial charge in [0.1, 0.15) is 13.2 Å². The van der Waals surface area contributed by atoms with Crippen molar-refractivity contribution < 1.29 is 95.0 Å². The first-order valence-electron chi connectivity index (χ1n) is 7.34. The Balaban J connectivity index is 4.81. The summed E-state index contributed by atoms with van der Waals surface area (Å²) in [6.45, 7) is -9.65. The summed E-state index contributed by atoms with van der Waals surface area (Å²) in [5, 5.41) is 0. The molecule has 0 fully saturated rings. The van der Waals surface area contributed by atoms with E-state index in [4.69, 9.17) is 0 Å². The third-order valence-electron chi connectivity index (χ3n) is 2.94. The molecule has 0 bridgehead atoms. The Morgan fingerprint density at radius 1 is 0.441 bits per heavy atom. The molecule has 0 aliphatic carbocycles. The van der Waals surface area contributed by atoms with Gasteiger partial charge in [0.25, 0.3) is 0 Å². The summed E-state index contributed by atoms with van der Waals surface area (Å²) in [5.74, 6) is -25.8. The fourth-order valence-corrected chi connectivity index (χ4v) is 2.49. The van der Waals surface area contributed by atoms with Gasteiger partial charge in [0.15, 0.2) is 0 Å². The molecule has 0 spiro atoms. The summed E-state index contributed by atoms with van der Waals surface area (Å²) in [4.78, 5) is 0. The second-order valence-corrected chi connectivity index (χ2v) is 8.11. The molecule has 206 valence electrons. The second kappa shape index (κ2) is 10.0. The molecule has 0 unspecified atom stereocenters. The molecule has 0 aliphatic heterocycles. The lowest BCUT2D eigenvalue weighted by molar-refractivity contribution is -0.358. The van der Waals surface area contributed by atoms with E-state index in [-0.39, 0.29) is 0 Å². The second-order valence-electron chi connectivity index (χ2n) is 5.54. The Labute approximate surface area is 179 Å². The summed E-state index contributed by atoms with van der Waals surface area (Å²) in [6.07, 6.45) is -13.7. The van der Waals surface area contributed by atoms with Gasteiger partial charge in [0.2, 0.25) is 0 Å². The van der Waals surface area contributed by atoms with E-state index in [0.29, 0.717) is 0 Å². The average molecular weight is 586 g/mol. The Kier molecular flexibility index (Phi) is 9.66. The van der Waals surface area contributed by atoms with Gasteiger partial charge in [-0.3, -0.25) is 0 Å². The molecule has 0 aromatic heterocycles. The van der Waals surface area contributed by atoms with Gasteiger partial charge in [-0.25, -0.2) is 16.7 Å². The molecule has 24 heteroatoms. The van der Waals surface area contributed by atoms with Crippen molar-refractivity contribution in [2.75, 3.05) is 26.4 Å². The first-order chi connectivity index (χ1) is 14.6. The quantitative estimate of drug-likeness (QED) is 0.240. The lowest BCUT2D eigenvalue weighted by atomic mass is 10.2. The number of hydrogen-bond acceptors (Lipinski definition) is 8. The van der Waals surface area contributed by atoms with Crippen molar-refractivity contribution in [2.45, 2.75) is 36.0 Å². The van der Waals surface area contributed by atoms with Crippen molar-refractivity contribution >= 4 is 20.8 Å². The molecule has 0 N–H and O–H groups in total.